The molecule has 4 rings (SSSR count). The quantitative estimate of drug-likeness (QED) is 0.586. The fourth-order valence-corrected chi connectivity index (χ4v) is 4.32. The van der Waals surface area contributed by atoms with Crippen LogP contribution in [0.3, 0.4) is 0 Å². The van der Waals surface area contributed by atoms with Gasteiger partial charge in [-0.05, 0) is 48.9 Å². The minimum atomic E-state index is -1.06. The van der Waals surface area contributed by atoms with Gasteiger partial charge in [0.05, 0.1) is 25.3 Å². The van der Waals surface area contributed by atoms with Crippen LogP contribution >= 0.6 is 0 Å². The van der Waals surface area contributed by atoms with Crippen LogP contribution in [0.1, 0.15) is 18.5 Å². The zero-order chi connectivity index (χ0) is 24.9. The number of amides is 2. The van der Waals surface area contributed by atoms with Gasteiger partial charge in [-0.25, -0.2) is 18.4 Å². The highest BCUT2D eigenvalue weighted by Crippen LogP contribution is 2.29. The number of halogens is 2. The Labute approximate surface area is 202 Å². The number of carbonyl (C=O) groups is 2. The molecule has 1 atom stereocenters. The molecule has 2 aromatic carbocycles. The molecule has 0 saturated carbocycles. The molecule has 2 N–H and O–H groups in total. The first-order chi connectivity index (χ1) is 16.9. The summed E-state index contributed by atoms with van der Waals surface area (Å²) in [4.78, 5) is 29.7. The highest BCUT2D eigenvalue weighted by Gasteiger charge is 2.35. The Hall–Kier alpha value is -3.66. The lowest BCUT2D eigenvalue weighted by atomic mass is 9.94. The molecule has 0 unspecified atom stereocenters. The molecule has 0 radical (unpaired) electrons. The topological polar surface area (TPSA) is 83.1 Å². The maximum Gasteiger partial charge on any atom is 0.338 e. The van der Waals surface area contributed by atoms with Gasteiger partial charge < -0.3 is 25.0 Å². The van der Waals surface area contributed by atoms with Crippen LogP contribution in [-0.2, 0) is 9.53 Å². The molecule has 2 amide bonds. The summed E-state index contributed by atoms with van der Waals surface area (Å²) >= 11 is 0. The monoisotopic (exact) mass is 486 g/mol. The number of methoxy groups -OCH3 is 1. The average molecular weight is 487 g/mol. The van der Waals surface area contributed by atoms with Gasteiger partial charge in [-0.3, -0.25) is 4.90 Å². The van der Waals surface area contributed by atoms with Gasteiger partial charge in [0.15, 0.2) is 11.6 Å². The third-order valence-electron chi connectivity index (χ3n) is 6.12. The van der Waals surface area contributed by atoms with Crippen molar-refractivity contribution in [3.8, 4) is 5.75 Å². The van der Waals surface area contributed by atoms with Crippen LogP contribution < -0.4 is 20.3 Å². The van der Waals surface area contributed by atoms with Crippen molar-refractivity contribution in [2.24, 2.45) is 0 Å². The maximum atomic E-state index is 13.9. The second kappa shape index (κ2) is 10.7. The molecular weight excluding hydrogens is 458 g/mol. The zero-order valence-corrected chi connectivity index (χ0v) is 19.6. The van der Waals surface area contributed by atoms with E-state index in [1.54, 1.807) is 14.0 Å². The summed E-state index contributed by atoms with van der Waals surface area (Å²) in [6.45, 7) is 5.03. The molecule has 10 heteroatoms. The lowest BCUT2D eigenvalue weighted by Gasteiger charge is -2.38. The number of anilines is 1. The smallest absolute Gasteiger partial charge is 0.338 e. The van der Waals surface area contributed by atoms with Crippen LogP contribution in [-0.4, -0.2) is 63.3 Å². The van der Waals surface area contributed by atoms with E-state index < -0.39 is 29.7 Å². The molecule has 8 nitrogen and oxygen atoms in total. The first-order valence-electron chi connectivity index (χ1n) is 11.4. The number of hydrogen-bond acceptors (Lipinski definition) is 6. The Morgan fingerprint density at radius 3 is 2.40 bits per heavy atom. The SMILES string of the molecule is CCOC(=O)C1=C(CN2CCN(c3ccc(OC)cc3)CC2)NC(=O)N[C@H]1c1ccc(F)c(F)c1. The largest absolute Gasteiger partial charge is 0.497 e. The van der Waals surface area contributed by atoms with E-state index in [4.69, 9.17) is 9.47 Å². The van der Waals surface area contributed by atoms with E-state index in [-0.39, 0.29) is 17.7 Å². The predicted octanol–water partition coefficient (Wildman–Crippen LogP) is 2.97. The van der Waals surface area contributed by atoms with E-state index in [1.165, 1.54) is 6.07 Å². The molecule has 0 aliphatic carbocycles. The summed E-state index contributed by atoms with van der Waals surface area (Å²) in [5.41, 5.74) is 1.91. The summed E-state index contributed by atoms with van der Waals surface area (Å²) in [5, 5.41) is 5.37. The molecule has 0 spiro atoms. The molecule has 2 aliphatic rings. The summed E-state index contributed by atoms with van der Waals surface area (Å²) < 4.78 is 37.9. The highest BCUT2D eigenvalue weighted by molar-refractivity contribution is 5.95. The van der Waals surface area contributed by atoms with Crippen molar-refractivity contribution in [3.63, 3.8) is 0 Å². The molecular formula is C25H28F2N4O4. The van der Waals surface area contributed by atoms with Gasteiger partial charge in [0.25, 0.3) is 0 Å². The molecule has 2 heterocycles. The van der Waals surface area contributed by atoms with Crippen molar-refractivity contribution in [1.82, 2.24) is 15.5 Å². The fourth-order valence-electron chi connectivity index (χ4n) is 4.32. The van der Waals surface area contributed by atoms with Crippen molar-refractivity contribution in [2.75, 3.05) is 51.3 Å². The zero-order valence-electron chi connectivity index (χ0n) is 19.6. The Morgan fingerprint density at radius 1 is 1.06 bits per heavy atom. The fraction of sp³-hybridized carbons (Fsp3) is 0.360. The van der Waals surface area contributed by atoms with Gasteiger partial charge in [0.2, 0.25) is 0 Å². The van der Waals surface area contributed by atoms with Crippen LogP contribution in [0.25, 0.3) is 0 Å². The predicted molar refractivity (Wildman–Crippen MR) is 126 cm³/mol. The minimum Gasteiger partial charge on any atom is -0.497 e. The number of urea groups is 1. The van der Waals surface area contributed by atoms with Crippen molar-refractivity contribution in [3.05, 3.63) is 70.9 Å². The second-order valence-electron chi connectivity index (χ2n) is 8.28. The first-order valence-corrected chi connectivity index (χ1v) is 11.4. The van der Waals surface area contributed by atoms with Crippen LogP contribution in [0.4, 0.5) is 19.3 Å². The molecule has 1 fully saturated rings. The van der Waals surface area contributed by atoms with Gasteiger partial charge in [-0.2, -0.15) is 0 Å². The van der Waals surface area contributed by atoms with Crippen LogP contribution in [0.15, 0.2) is 53.7 Å². The number of carbonyl (C=O) groups excluding carboxylic acids is 2. The third kappa shape index (κ3) is 5.54. The lowest BCUT2D eigenvalue weighted by molar-refractivity contribution is -0.139. The standard InChI is InChI=1S/C25H28F2N4O4/c1-3-35-24(32)22-21(28-25(33)29-23(22)16-4-9-19(26)20(27)14-16)15-30-10-12-31(13-11-30)17-5-7-18(34-2)8-6-17/h4-9,14,23H,3,10-13,15H2,1-2H3,(H2,28,29,33)/t23-/m0/s1. The van der Waals surface area contributed by atoms with Gasteiger partial charge in [0.1, 0.15) is 5.75 Å². The number of esters is 1. The molecule has 0 bridgehead atoms. The van der Waals surface area contributed by atoms with Gasteiger partial charge in [-0.1, -0.05) is 6.07 Å². The van der Waals surface area contributed by atoms with Gasteiger partial charge >= 0.3 is 12.0 Å². The van der Waals surface area contributed by atoms with Crippen molar-refractivity contribution in [1.29, 1.82) is 0 Å². The van der Waals surface area contributed by atoms with Crippen molar-refractivity contribution < 1.29 is 27.8 Å². The van der Waals surface area contributed by atoms with Crippen LogP contribution in [0.5, 0.6) is 5.75 Å². The normalized spacial score (nSPS) is 18.7. The van der Waals surface area contributed by atoms with E-state index in [0.29, 0.717) is 25.3 Å². The van der Waals surface area contributed by atoms with E-state index in [2.05, 4.69) is 20.4 Å². The number of benzene rings is 2. The first kappa shape index (κ1) is 24.5. The summed E-state index contributed by atoms with van der Waals surface area (Å²) in [7, 11) is 1.63. The molecule has 0 aromatic heterocycles. The lowest BCUT2D eigenvalue weighted by Crippen LogP contribution is -2.51. The van der Waals surface area contributed by atoms with Crippen molar-refractivity contribution >= 4 is 17.7 Å². The molecule has 35 heavy (non-hydrogen) atoms. The second-order valence-corrected chi connectivity index (χ2v) is 8.28. The number of ether oxygens (including phenoxy) is 2. The summed E-state index contributed by atoms with van der Waals surface area (Å²) in [5.74, 6) is -1.90. The molecule has 1 saturated heterocycles. The molecule has 2 aromatic rings. The van der Waals surface area contributed by atoms with Crippen LogP contribution in [0.2, 0.25) is 0 Å². The Bertz CT molecular complexity index is 1110. The van der Waals surface area contributed by atoms with E-state index in [9.17, 15) is 18.4 Å². The third-order valence-corrected chi connectivity index (χ3v) is 6.12. The Morgan fingerprint density at radius 2 is 1.77 bits per heavy atom. The van der Waals surface area contributed by atoms with Gasteiger partial charge in [0, 0.05) is 44.1 Å². The number of rotatable bonds is 7. The average Bonchev–Trinajstić information content (AvgIpc) is 2.86. The van der Waals surface area contributed by atoms with Gasteiger partial charge in [-0.15, -0.1) is 0 Å². The highest BCUT2D eigenvalue weighted by atomic mass is 19.2. The Kier molecular flexibility index (Phi) is 7.50. The summed E-state index contributed by atoms with van der Waals surface area (Å²) in [6.07, 6.45) is 0. The van der Waals surface area contributed by atoms with Crippen molar-refractivity contribution in [2.45, 2.75) is 13.0 Å². The van der Waals surface area contributed by atoms with Crippen LogP contribution in [0, 0.1) is 11.6 Å². The van der Waals surface area contributed by atoms with E-state index in [0.717, 1.165) is 36.7 Å². The van der Waals surface area contributed by atoms with E-state index in [1.807, 2.05) is 24.3 Å². The molecule has 186 valence electrons. The summed E-state index contributed by atoms with van der Waals surface area (Å²) in [6, 6.07) is 9.66. The maximum absolute atomic E-state index is 13.9. The minimum absolute atomic E-state index is 0.134. The molecule has 2 aliphatic heterocycles. The van der Waals surface area contributed by atoms with E-state index >= 15 is 0 Å². The number of hydrogen-bond donors (Lipinski definition) is 2. The number of nitrogens with zero attached hydrogens (tertiary/aromatic N) is 2. The number of nitrogens with one attached hydrogen (secondary N) is 2. The number of piperazine rings is 1. The Balaban J connectivity index is 1.54.